The first-order valence-corrected chi connectivity index (χ1v) is 9.42. The van der Waals surface area contributed by atoms with Crippen molar-refractivity contribution in [3.63, 3.8) is 0 Å². The van der Waals surface area contributed by atoms with Gasteiger partial charge in [-0.3, -0.25) is 10.00 Å². The molecule has 1 aromatic carbocycles. The highest BCUT2D eigenvalue weighted by atomic mass is 16.2. The predicted octanol–water partition coefficient (Wildman–Crippen LogP) is 4.52. The van der Waals surface area contributed by atoms with Crippen LogP contribution >= 0.6 is 0 Å². The average Bonchev–Trinajstić information content (AvgIpc) is 3.03. The second-order valence-electron chi connectivity index (χ2n) is 9.18. The Morgan fingerprint density at radius 2 is 1.92 bits per heavy atom. The molecule has 4 rings (SSSR count). The smallest absolute Gasteiger partial charge is 0.321 e. The van der Waals surface area contributed by atoms with Crippen molar-refractivity contribution in [1.29, 1.82) is 0 Å². The number of carbonyl (C=O) groups is 1. The minimum atomic E-state index is -0.0193. The summed E-state index contributed by atoms with van der Waals surface area (Å²) in [5.74, 6) is 0.613. The van der Waals surface area contributed by atoms with Gasteiger partial charge < -0.3 is 4.90 Å². The standard InChI is InChI=1S/C21H28N4O/c1-20(2)11-16-12-21(3,13-20)14-25(16)19(26)22-18-10-17(24(4)23-18)15-8-6-5-7-9-15/h5-10,16H,11-14H2,1-4H3,(H,22,23,26). The van der Waals surface area contributed by atoms with Crippen molar-refractivity contribution in [1.82, 2.24) is 14.7 Å². The van der Waals surface area contributed by atoms with Crippen LogP contribution in [0.25, 0.3) is 11.3 Å². The normalized spacial score (nSPS) is 26.8. The summed E-state index contributed by atoms with van der Waals surface area (Å²) in [5, 5.41) is 7.51. The molecule has 2 aliphatic rings. The molecule has 2 bridgehead atoms. The lowest BCUT2D eigenvalue weighted by Crippen LogP contribution is -2.40. The Hall–Kier alpha value is -2.30. The van der Waals surface area contributed by atoms with Crippen molar-refractivity contribution in [2.24, 2.45) is 17.9 Å². The van der Waals surface area contributed by atoms with Crippen molar-refractivity contribution in [2.45, 2.75) is 46.1 Å². The zero-order valence-corrected chi connectivity index (χ0v) is 16.1. The Morgan fingerprint density at radius 3 is 2.65 bits per heavy atom. The average molecular weight is 352 g/mol. The minimum absolute atomic E-state index is 0.0193. The van der Waals surface area contributed by atoms with Gasteiger partial charge in [0.1, 0.15) is 0 Å². The van der Waals surface area contributed by atoms with Gasteiger partial charge in [0.05, 0.1) is 5.69 Å². The van der Waals surface area contributed by atoms with Crippen LogP contribution < -0.4 is 5.32 Å². The monoisotopic (exact) mass is 352 g/mol. The molecule has 1 saturated carbocycles. The zero-order chi connectivity index (χ0) is 18.5. The van der Waals surface area contributed by atoms with Crippen LogP contribution in [0.15, 0.2) is 36.4 Å². The SMILES string of the molecule is Cn1nc(NC(=O)N2CC3(C)CC2CC(C)(C)C3)cc1-c1ccccc1. The van der Waals surface area contributed by atoms with Gasteiger partial charge in [0, 0.05) is 25.7 Å². The number of benzene rings is 1. The molecule has 2 fully saturated rings. The number of hydrogen-bond donors (Lipinski definition) is 1. The first kappa shape index (κ1) is 17.1. The van der Waals surface area contributed by atoms with Crippen molar-refractivity contribution >= 4 is 11.8 Å². The first-order valence-electron chi connectivity index (χ1n) is 9.42. The van der Waals surface area contributed by atoms with Crippen LogP contribution in [-0.4, -0.2) is 33.3 Å². The number of amides is 2. The summed E-state index contributed by atoms with van der Waals surface area (Å²) in [6, 6.07) is 12.4. The molecule has 2 heterocycles. The van der Waals surface area contributed by atoms with Gasteiger partial charge in [-0.15, -0.1) is 0 Å². The fourth-order valence-electron chi connectivity index (χ4n) is 5.29. The van der Waals surface area contributed by atoms with E-state index < -0.39 is 0 Å². The second kappa shape index (κ2) is 5.86. The number of carbonyl (C=O) groups excluding carboxylic acids is 1. The maximum absolute atomic E-state index is 12.9. The molecule has 1 saturated heterocycles. The van der Waals surface area contributed by atoms with E-state index in [1.165, 1.54) is 6.42 Å². The number of aryl methyl sites for hydroxylation is 1. The van der Waals surface area contributed by atoms with E-state index in [4.69, 9.17) is 0 Å². The minimum Gasteiger partial charge on any atom is -0.321 e. The van der Waals surface area contributed by atoms with Crippen LogP contribution in [0.5, 0.6) is 0 Å². The lowest BCUT2D eigenvalue weighted by Gasteiger charge is -2.39. The molecule has 1 aliphatic heterocycles. The molecule has 5 heteroatoms. The summed E-state index contributed by atoms with van der Waals surface area (Å²) in [7, 11) is 1.91. The maximum Gasteiger partial charge on any atom is 0.323 e. The van der Waals surface area contributed by atoms with E-state index in [0.29, 0.717) is 17.3 Å². The van der Waals surface area contributed by atoms with Crippen LogP contribution in [0.2, 0.25) is 0 Å². The fraction of sp³-hybridized carbons (Fsp3) is 0.524. The zero-order valence-electron chi connectivity index (χ0n) is 16.1. The largest absolute Gasteiger partial charge is 0.323 e. The van der Waals surface area contributed by atoms with Crippen LogP contribution in [0, 0.1) is 10.8 Å². The molecule has 5 nitrogen and oxygen atoms in total. The molecule has 1 aromatic heterocycles. The maximum atomic E-state index is 12.9. The molecule has 2 unspecified atom stereocenters. The third-order valence-corrected chi connectivity index (χ3v) is 5.86. The molecule has 1 aliphatic carbocycles. The number of nitrogens with zero attached hydrogens (tertiary/aromatic N) is 3. The summed E-state index contributed by atoms with van der Waals surface area (Å²) in [4.78, 5) is 15.0. The van der Waals surface area contributed by atoms with Gasteiger partial charge in [-0.2, -0.15) is 5.10 Å². The highest BCUT2D eigenvalue weighted by molar-refractivity contribution is 5.89. The Kier molecular flexibility index (Phi) is 3.86. The number of aromatic nitrogens is 2. The highest BCUT2D eigenvalue weighted by Crippen LogP contribution is 2.52. The molecule has 26 heavy (non-hydrogen) atoms. The van der Waals surface area contributed by atoms with Crippen LogP contribution in [0.3, 0.4) is 0 Å². The van der Waals surface area contributed by atoms with Crippen LogP contribution in [0.1, 0.15) is 40.0 Å². The molecule has 2 amide bonds. The Balaban J connectivity index is 1.51. The van der Waals surface area contributed by atoms with Crippen molar-refractivity contribution in [3.8, 4) is 11.3 Å². The summed E-state index contributed by atoms with van der Waals surface area (Å²) in [6.07, 6.45) is 3.37. The van der Waals surface area contributed by atoms with Crippen LogP contribution in [0.4, 0.5) is 10.6 Å². The Labute approximate surface area is 155 Å². The third-order valence-electron chi connectivity index (χ3n) is 5.86. The molecular weight excluding hydrogens is 324 g/mol. The summed E-state index contributed by atoms with van der Waals surface area (Å²) in [5.41, 5.74) is 2.63. The number of anilines is 1. The molecular formula is C21H28N4O. The van der Waals surface area contributed by atoms with E-state index in [9.17, 15) is 4.79 Å². The number of likely N-dealkylation sites (tertiary alicyclic amines) is 1. The number of nitrogens with one attached hydrogen (secondary N) is 1. The summed E-state index contributed by atoms with van der Waals surface area (Å²) in [6.45, 7) is 7.81. The van der Waals surface area contributed by atoms with Gasteiger partial charge in [0.25, 0.3) is 0 Å². The van der Waals surface area contributed by atoms with E-state index in [2.05, 4.69) is 43.3 Å². The predicted molar refractivity (Wildman–Crippen MR) is 104 cm³/mol. The Bertz CT molecular complexity index is 826. The van der Waals surface area contributed by atoms with Gasteiger partial charge in [-0.25, -0.2) is 4.79 Å². The van der Waals surface area contributed by atoms with E-state index in [-0.39, 0.29) is 11.4 Å². The number of urea groups is 1. The van der Waals surface area contributed by atoms with Crippen molar-refractivity contribution in [3.05, 3.63) is 36.4 Å². The van der Waals surface area contributed by atoms with E-state index in [1.807, 2.05) is 40.9 Å². The van der Waals surface area contributed by atoms with Gasteiger partial charge in [-0.05, 0) is 35.7 Å². The molecule has 0 radical (unpaired) electrons. The first-order chi connectivity index (χ1) is 12.2. The van der Waals surface area contributed by atoms with Gasteiger partial charge >= 0.3 is 6.03 Å². The van der Waals surface area contributed by atoms with Crippen molar-refractivity contribution < 1.29 is 4.79 Å². The molecule has 1 N–H and O–H groups in total. The van der Waals surface area contributed by atoms with E-state index >= 15 is 0 Å². The molecule has 0 spiro atoms. The topological polar surface area (TPSA) is 50.2 Å². The molecule has 2 aromatic rings. The summed E-state index contributed by atoms with van der Waals surface area (Å²) >= 11 is 0. The van der Waals surface area contributed by atoms with E-state index in [1.54, 1.807) is 0 Å². The number of rotatable bonds is 2. The van der Waals surface area contributed by atoms with Crippen molar-refractivity contribution in [2.75, 3.05) is 11.9 Å². The number of fused-ring (bicyclic) bond motifs is 2. The summed E-state index contributed by atoms with van der Waals surface area (Å²) < 4.78 is 1.82. The van der Waals surface area contributed by atoms with E-state index in [0.717, 1.165) is 30.6 Å². The Morgan fingerprint density at radius 1 is 1.19 bits per heavy atom. The van der Waals surface area contributed by atoms with Gasteiger partial charge in [0.2, 0.25) is 0 Å². The van der Waals surface area contributed by atoms with Crippen LogP contribution in [-0.2, 0) is 7.05 Å². The highest BCUT2D eigenvalue weighted by Gasteiger charge is 2.51. The number of hydrogen-bond acceptors (Lipinski definition) is 2. The lowest BCUT2D eigenvalue weighted by atomic mass is 9.65. The quantitative estimate of drug-likeness (QED) is 0.864. The second-order valence-corrected chi connectivity index (χ2v) is 9.18. The fourth-order valence-corrected chi connectivity index (χ4v) is 5.29. The lowest BCUT2D eigenvalue weighted by molar-refractivity contribution is 0.130. The molecule has 138 valence electrons. The third kappa shape index (κ3) is 3.11. The molecule has 2 atom stereocenters. The van der Waals surface area contributed by atoms with Gasteiger partial charge in [0.15, 0.2) is 5.82 Å². The van der Waals surface area contributed by atoms with Gasteiger partial charge in [-0.1, -0.05) is 51.1 Å².